The number of carbonyl (C=O) groups is 1. The number of carbonyl (C=O) groups excluding carboxylic acids is 1. The Kier molecular flexibility index (Phi) is 9.17. The van der Waals surface area contributed by atoms with Gasteiger partial charge in [-0.1, -0.05) is 0 Å². The van der Waals surface area contributed by atoms with Crippen LogP contribution in [0.3, 0.4) is 0 Å². The molecule has 0 fully saturated rings. The predicted octanol–water partition coefficient (Wildman–Crippen LogP) is 1.55. The van der Waals surface area contributed by atoms with E-state index in [0.29, 0.717) is 32.8 Å². The van der Waals surface area contributed by atoms with E-state index in [1.807, 2.05) is 0 Å². The maximum Gasteiger partial charge on any atom is 0.251 e. The highest BCUT2D eigenvalue weighted by Crippen LogP contribution is 2.26. The number of rotatable bonds is 11. The zero-order chi connectivity index (χ0) is 20.5. The average molecular weight is 403 g/mol. The Morgan fingerprint density at radius 3 is 2.41 bits per heavy atom. The Labute approximate surface area is 161 Å². The second-order valence-electron chi connectivity index (χ2n) is 6.94. The van der Waals surface area contributed by atoms with Gasteiger partial charge in [0.05, 0.1) is 20.3 Å². The van der Waals surface area contributed by atoms with Crippen LogP contribution in [0.4, 0.5) is 0 Å². The van der Waals surface area contributed by atoms with E-state index in [1.165, 1.54) is 25.3 Å². The summed E-state index contributed by atoms with van der Waals surface area (Å²) >= 11 is 0. The molecule has 1 aromatic rings. The number of hydrogen-bond donors (Lipinski definition) is 2. The van der Waals surface area contributed by atoms with Crippen molar-refractivity contribution in [3.63, 3.8) is 0 Å². The van der Waals surface area contributed by atoms with Gasteiger partial charge in [0, 0.05) is 31.4 Å². The van der Waals surface area contributed by atoms with E-state index >= 15 is 0 Å². The first kappa shape index (κ1) is 23.4. The van der Waals surface area contributed by atoms with Gasteiger partial charge in [0.2, 0.25) is 10.0 Å². The van der Waals surface area contributed by atoms with Crippen molar-refractivity contribution in [2.45, 2.75) is 37.6 Å². The molecule has 0 aromatic heterocycles. The van der Waals surface area contributed by atoms with Crippen LogP contribution >= 0.6 is 0 Å². The van der Waals surface area contributed by atoms with E-state index in [4.69, 9.17) is 14.2 Å². The fourth-order valence-corrected chi connectivity index (χ4v) is 3.82. The lowest BCUT2D eigenvalue weighted by atomic mass is 10.1. The molecule has 2 N–H and O–H groups in total. The van der Waals surface area contributed by atoms with Gasteiger partial charge in [0.1, 0.15) is 10.6 Å². The SMILES string of the molecule is COCCOCCCNC(=O)c1ccc(OC)c(S(=O)(=O)NC(C)(C)C)c1. The quantitative estimate of drug-likeness (QED) is 0.545. The molecule has 0 saturated heterocycles. The molecule has 1 aromatic carbocycles. The second-order valence-corrected chi connectivity index (χ2v) is 8.59. The first-order chi connectivity index (χ1) is 12.6. The van der Waals surface area contributed by atoms with Crippen LogP contribution in [-0.2, 0) is 19.5 Å². The van der Waals surface area contributed by atoms with Crippen LogP contribution in [0.15, 0.2) is 23.1 Å². The van der Waals surface area contributed by atoms with E-state index in [9.17, 15) is 13.2 Å². The first-order valence-electron chi connectivity index (χ1n) is 8.67. The minimum absolute atomic E-state index is 0.0736. The fraction of sp³-hybridized carbons (Fsp3) is 0.611. The van der Waals surface area contributed by atoms with Crippen molar-refractivity contribution < 1.29 is 27.4 Å². The molecule has 8 nitrogen and oxygen atoms in total. The summed E-state index contributed by atoms with van der Waals surface area (Å²) in [5.41, 5.74) is -0.421. The largest absolute Gasteiger partial charge is 0.495 e. The predicted molar refractivity (Wildman–Crippen MR) is 103 cm³/mol. The maximum atomic E-state index is 12.6. The van der Waals surface area contributed by atoms with E-state index in [0.717, 1.165) is 0 Å². The normalized spacial score (nSPS) is 12.0. The van der Waals surface area contributed by atoms with Gasteiger partial charge in [-0.05, 0) is 45.4 Å². The second kappa shape index (κ2) is 10.6. The number of benzene rings is 1. The standard InChI is InChI=1S/C18H30N2O6S/c1-18(2,3)20-27(22,23)16-13-14(7-8-15(16)25-5)17(21)19-9-6-10-26-12-11-24-4/h7-8,13,20H,6,9-12H2,1-5H3,(H,19,21). The van der Waals surface area contributed by atoms with Gasteiger partial charge < -0.3 is 19.5 Å². The van der Waals surface area contributed by atoms with Gasteiger partial charge in [0.25, 0.3) is 5.91 Å². The lowest BCUT2D eigenvalue weighted by Gasteiger charge is -2.21. The van der Waals surface area contributed by atoms with Crippen LogP contribution in [0.5, 0.6) is 5.75 Å². The number of nitrogens with one attached hydrogen (secondary N) is 2. The summed E-state index contributed by atoms with van der Waals surface area (Å²) in [7, 11) is -0.857. The topological polar surface area (TPSA) is 103 Å². The van der Waals surface area contributed by atoms with Gasteiger partial charge in [-0.25, -0.2) is 13.1 Å². The van der Waals surface area contributed by atoms with Gasteiger partial charge >= 0.3 is 0 Å². The fourth-order valence-electron chi connectivity index (χ4n) is 2.21. The van der Waals surface area contributed by atoms with Crippen LogP contribution in [0.25, 0.3) is 0 Å². The minimum atomic E-state index is -3.84. The number of sulfonamides is 1. The van der Waals surface area contributed by atoms with E-state index < -0.39 is 15.6 Å². The highest BCUT2D eigenvalue weighted by Gasteiger charge is 2.26. The zero-order valence-electron chi connectivity index (χ0n) is 16.6. The molecule has 0 saturated carbocycles. The molecule has 0 aliphatic rings. The monoisotopic (exact) mass is 402 g/mol. The Morgan fingerprint density at radius 2 is 1.81 bits per heavy atom. The van der Waals surface area contributed by atoms with Crippen LogP contribution < -0.4 is 14.8 Å². The molecule has 9 heteroatoms. The number of amides is 1. The Bertz CT molecular complexity index is 713. The third kappa shape index (κ3) is 8.25. The molecule has 0 bridgehead atoms. The van der Waals surface area contributed by atoms with Gasteiger partial charge in [-0.15, -0.1) is 0 Å². The highest BCUT2D eigenvalue weighted by molar-refractivity contribution is 7.89. The molecular formula is C18H30N2O6S. The summed E-state index contributed by atoms with van der Waals surface area (Å²) in [4.78, 5) is 12.2. The van der Waals surface area contributed by atoms with Gasteiger partial charge in [-0.3, -0.25) is 4.79 Å². The van der Waals surface area contributed by atoms with Crippen molar-refractivity contribution in [3.05, 3.63) is 23.8 Å². The van der Waals surface area contributed by atoms with E-state index in [1.54, 1.807) is 27.9 Å². The number of hydrogen-bond acceptors (Lipinski definition) is 6. The molecular weight excluding hydrogens is 372 g/mol. The van der Waals surface area contributed by atoms with E-state index in [-0.39, 0.29) is 22.1 Å². The summed E-state index contributed by atoms with van der Waals surface area (Å²) in [5, 5.41) is 2.75. The van der Waals surface area contributed by atoms with Crippen molar-refractivity contribution in [2.75, 3.05) is 40.6 Å². The molecule has 154 valence electrons. The van der Waals surface area contributed by atoms with Gasteiger partial charge in [0.15, 0.2) is 0 Å². The first-order valence-corrected chi connectivity index (χ1v) is 10.2. The minimum Gasteiger partial charge on any atom is -0.495 e. The summed E-state index contributed by atoms with van der Waals surface area (Å²) < 4.78 is 43.2. The highest BCUT2D eigenvalue weighted by atomic mass is 32.2. The molecule has 1 rings (SSSR count). The molecule has 0 aliphatic carbocycles. The third-order valence-electron chi connectivity index (χ3n) is 3.34. The van der Waals surface area contributed by atoms with Crippen molar-refractivity contribution in [1.29, 1.82) is 0 Å². The van der Waals surface area contributed by atoms with Crippen molar-refractivity contribution in [3.8, 4) is 5.75 Å². The van der Waals surface area contributed by atoms with E-state index in [2.05, 4.69) is 10.0 Å². The summed E-state index contributed by atoms with van der Waals surface area (Å²) in [6.45, 7) is 7.16. The molecule has 0 atom stereocenters. The lowest BCUT2D eigenvalue weighted by molar-refractivity contribution is 0.0688. The smallest absolute Gasteiger partial charge is 0.251 e. The van der Waals surface area contributed by atoms with Crippen molar-refractivity contribution in [2.24, 2.45) is 0 Å². The van der Waals surface area contributed by atoms with Crippen LogP contribution in [0.2, 0.25) is 0 Å². The molecule has 0 aliphatic heterocycles. The molecule has 0 unspecified atom stereocenters. The van der Waals surface area contributed by atoms with Crippen molar-refractivity contribution >= 4 is 15.9 Å². The van der Waals surface area contributed by atoms with Crippen molar-refractivity contribution in [1.82, 2.24) is 10.0 Å². The summed E-state index contributed by atoms with van der Waals surface area (Å²) in [5.74, 6) is -0.184. The molecule has 27 heavy (non-hydrogen) atoms. The van der Waals surface area contributed by atoms with Crippen LogP contribution in [0, 0.1) is 0 Å². The average Bonchev–Trinajstić information content (AvgIpc) is 2.58. The molecule has 0 heterocycles. The Hall–Kier alpha value is -1.68. The van der Waals surface area contributed by atoms with Crippen LogP contribution in [-0.4, -0.2) is 60.4 Å². The lowest BCUT2D eigenvalue weighted by Crippen LogP contribution is -2.40. The Balaban J connectivity index is 2.78. The Morgan fingerprint density at radius 1 is 1.11 bits per heavy atom. The van der Waals surface area contributed by atoms with Gasteiger partial charge in [-0.2, -0.15) is 0 Å². The summed E-state index contributed by atoms with van der Waals surface area (Å²) in [6, 6.07) is 4.32. The molecule has 1 amide bonds. The maximum absolute atomic E-state index is 12.6. The third-order valence-corrected chi connectivity index (χ3v) is 5.12. The molecule has 0 spiro atoms. The number of methoxy groups -OCH3 is 2. The summed E-state index contributed by atoms with van der Waals surface area (Å²) in [6.07, 6.45) is 0.641. The van der Waals surface area contributed by atoms with Crippen LogP contribution in [0.1, 0.15) is 37.6 Å². The number of ether oxygens (including phenoxy) is 3. The zero-order valence-corrected chi connectivity index (χ0v) is 17.4. The molecule has 0 radical (unpaired) electrons.